The lowest BCUT2D eigenvalue weighted by Gasteiger charge is -2.12. The predicted molar refractivity (Wildman–Crippen MR) is 73.9 cm³/mol. The second kappa shape index (κ2) is 6.78. The van der Waals surface area contributed by atoms with Gasteiger partial charge < -0.3 is 5.11 Å². The Hall–Kier alpha value is -1.51. The highest BCUT2D eigenvalue weighted by atomic mass is 32.2. The first kappa shape index (κ1) is 16.5. The molecule has 0 spiro atoms. The highest BCUT2D eigenvalue weighted by molar-refractivity contribution is 7.89. The number of rotatable bonds is 7. The third-order valence-electron chi connectivity index (χ3n) is 2.93. The molecule has 0 radical (unpaired) electrons. The van der Waals surface area contributed by atoms with Gasteiger partial charge >= 0.3 is 0 Å². The van der Waals surface area contributed by atoms with Gasteiger partial charge in [0.05, 0.1) is 9.82 Å². The van der Waals surface area contributed by atoms with E-state index in [-0.39, 0.29) is 29.7 Å². The second-order valence-electron chi connectivity index (χ2n) is 4.67. The smallest absolute Gasteiger partial charge is 0.273 e. The molecule has 8 heteroatoms. The molecule has 0 saturated heterocycles. The van der Waals surface area contributed by atoms with E-state index in [0.29, 0.717) is 12.0 Å². The van der Waals surface area contributed by atoms with Crippen molar-refractivity contribution in [2.24, 2.45) is 5.92 Å². The number of nitro benzene ring substituents is 1. The maximum atomic E-state index is 12.0. The van der Waals surface area contributed by atoms with Crippen LogP contribution in [0.25, 0.3) is 0 Å². The van der Waals surface area contributed by atoms with Crippen molar-refractivity contribution in [1.82, 2.24) is 4.72 Å². The number of aliphatic hydroxyl groups excluding tert-OH is 1. The van der Waals surface area contributed by atoms with E-state index in [1.54, 1.807) is 13.8 Å². The van der Waals surface area contributed by atoms with Gasteiger partial charge in [-0.05, 0) is 25.3 Å². The van der Waals surface area contributed by atoms with E-state index < -0.39 is 14.9 Å². The van der Waals surface area contributed by atoms with Gasteiger partial charge in [0.1, 0.15) is 0 Å². The molecule has 0 aliphatic carbocycles. The fourth-order valence-corrected chi connectivity index (χ4v) is 2.80. The summed E-state index contributed by atoms with van der Waals surface area (Å²) in [6.45, 7) is 3.51. The summed E-state index contributed by atoms with van der Waals surface area (Å²) in [6, 6.07) is 3.79. The molecule has 1 aromatic rings. The van der Waals surface area contributed by atoms with Gasteiger partial charge in [-0.2, -0.15) is 0 Å². The lowest BCUT2D eigenvalue weighted by Crippen LogP contribution is -2.28. The minimum atomic E-state index is -3.78. The van der Waals surface area contributed by atoms with E-state index in [1.807, 2.05) is 0 Å². The molecule has 2 N–H and O–H groups in total. The Morgan fingerprint density at radius 2 is 2.10 bits per heavy atom. The van der Waals surface area contributed by atoms with E-state index in [0.717, 1.165) is 6.07 Å². The Kier molecular flexibility index (Phi) is 5.61. The minimum Gasteiger partial charge on any atom is -0.396 e. The highest BCUT2D eigenvalue weighted by Crippen LogP contribution is 2.22. The molecule has 1 rings (SSSR count). The Morgan fingerprint density at radius 1 is 1.45 bits per heavy atom. The lowest BCUT2D eigenvalue weighted by atomic mass is 10.1. The Bertz CT molecular complexity index is 586. The van der Waals surface area contributed by atoms with Crippen molar-refractivity contribution in [3.63, 3.8) is 0 Å². The van der Waals surface area contributed by atoms with Gasteiger partial charge in [-0.1, -0.05) is 13.0 Å². The van der Waals surface area contributed by atoms with Gasteiger partial charge in [-0.15, -0.1) is 0 Å². The summed E-state index contributed by atoms with van der Waals surface area (Å²) < 4.78 is 26.4. The normalized spacial score (nSPS) is 13.2. The van der Waals surface area contributed by atoms with Gasteiger partial charge in [-0.3, -0.25) is 10.1 Å². The molecule has 7 nitrogen and oxygen atoms in total. The molecule has 0 saturated carbocycles. The van der Waals surface area contributed by atoms with E-state index in [2.05, 4.69) is 4.72 Å². The number of hydrogen-bond acceptors (Lipinski definition) is 5. The van der Waals surface area contributed by atoms with E-state index >= 15 is 0 Å². The summed E-state index contributed by atoms with van der Waals surface area (Å²) in [6.07, 6.45) is 0.483. The zero-order valence-electron chi connectivity index (χ0n) is 11.4. The molecule has 0 amide bonds. The quantitative estimate of drug-likeness (QED) is 0.581. The first-order chi connectivity index (χ1) is 9.27. The first-order valence-corrected chi connectivity index (χ1v) is 7.62. The highest BCUT2D eigenvalue weighted by Gasteiger charge is 2.20. The van der Waals surface area contributed by atoms with Crippen LogP contribution in [-0.4, -0.2) is 31.6 Å². The van der Waals surface area contributed by atoms with Crippen LogP contribution in [0.3, 0.4) is 0 Å². The fourth-order valence-electron chi connectivity index (χ4n) is 1.61. The van der Waals surface area contributed by atoms with Gasteiger partial charge in [0, 0.05) is 24.8 Å². The molecule has 1 aromatic carbocycles. The third kappa shape index (κ3) is 4.26. The van der Waals surface area contributed by atoms with Crippen molar-refractivity contribution in [2.75, 3.05) is 13.2 Å². The molecule has 112 valence electrons. The molecule has 0 aromatic heterocycles. The maximum absolute atomic E-state index is 12.0. The van der Waals surface area contributed by atoms with Gasteiger partial charge in [0.15, 0.2) is 0 Å². The number of benzene rings is 1. The topological polar surface area (TPSA) is 110 Å². The van der Waals surface area contributed by atoms with E-state index in [9.17, 15) is 18.5 Å². The third-order valence-corrected chi connectivity index (χ3v) is 4.35. The first-order valence-electron chi connectivity index (χ1n) is 6.13. The Labute approximate surface area is 117 Å². The van der Waals surface area contributed by atoms with Crippen LogP contribution >= 0.6 is 0 Å². The fraction of sp³-hybridized carbons (Fsp3) is 0.500. The van der Waals surface area contributed by atoms with E-state index in [4.69, 9.17) is 5.11 Å². The van der Waals surface area contributed by atoms with Crippen LogP contribution in [0.4, 0.5) is 5.69 Å². The summed E-state index contributed by atoms with van der Waals surface area (Å²) in [5.74, 6) is -0.0183. The van der Waals surface area contributed by atoms with Crippen LogP contribution in [0.5, 0.6) is 0 Å². The van der Waals surface area contributed by atoms with Crippen molar-refractivity contribution >= 4 is 15.7 Å². The zero-order valence-corrected chi connectivity index (χ0v) is 12.2. The number of nitrogens with zero attached hydrogens (tertiary/aromatic N) is 1. The van der Waals surface area contributed by atoms with Crippen molar-refractivity contribution in [1.29, 1.82) is 0 Å². The minimum absolute atomic E-state index is 0.0150. The summed E-state index contributed by atoms with van der Waals surface area (Å²) in [5, 5.41) is 19.6. The molecule has 0 aliphatic heterocycles. The summed E-state index contributed by atoms with van der Waals surface area (Å²) >= 11 is 0. The second-order valence-corrected chi connectivity index (χ2v) is 6.44. The van der Waals surface area contributed by atoms with Crippen molar-refractivity contribution in [3.05, 3.63) is 33.9 Å². The van der Waals surface area contributed by atoms with Gasteiger partial charge in [0.2, 0.25) is 10.0 Å². The lowest BCUT2D eigenvalue weighted by molar-refractivity contribution is -0.385. The van der Waals surface area contributed by atoms with Crippen molar-refractivity contribution in [2.45, 2.75) is 25.2 Å². The predicted octanol–water partition coefficient (Wildman–Crippen LogP) is 1.20. The molecule has 20 heavy (non-hydrogen) atoms. The molecular formula is C12H18N2O5S. The average Bonchev–Trinajstić information content (AvgIpc) is 2.37. The van der Waals surface area contributed by atoms with Crippen LogP contribution in [0.2, 0.25) is 0 Å². The van der Waals surface area contributed by atoms with Crippen LogP contribution in [0.1, 0.15) is 18.9 Å². The van der Waals surface area contributed by atoms with Gasteiger partial charge in [0.25, 0.3) is 5.69 Å². The summed E-state index contributed by atoms with van der Waals surface area (Å²) in [7, 11) is -3.78. The number of aliphatic hydroxyl groups is 1. The number of aryl methyl sites for hydroxylation is 1. The molecule has 0 fully saturated rings. The molecule has 0 aliphatic rings. The Balaban J connectivity index is 2.93. The van der Waals surface area contributed by atoms with Crippen LogP contribution in [0, 0.1) is 23.0 Å². The van der Waals surface area contributed by atoms with Crippen LogP contribution < -0.4 is 4.72 Å². The molecular weight excluding hydrogens is 284 g/mol. The van der Waals surface area contributed by atoms with Crippen molar-refractivity contribution < 1.29 is 18.4 Å². The number of nitro groups is 1. The molecule has 0 heterocycles. The van der Waals surface area contributed by atoms with Crippen LogP contribution in [-0.2, 0) is 10.0 Å². The standard InChI is InChI=1S/C12H18N2O5S/c1-9(5-6-15)8-13-20(18,19)11-4-3-10(2)12(7-11)14(16)17/h3-4,7,9,13,15H,5-6,8H2,1-2H3. The summed E-state index contributed by atoms with van der Waals surface area (Å²) in [5.41, 5.74) is 0.180. The molecule has 1 unspecified atom stereocenters. The number of nitrogens with one attached hydrogen (secondary N) is 1. The average molecular weight is 302 g/mol. The zero-order chi connectivity index (χ0) is 15.3. The largest absolute Gasteiger partial charge is 0.396 e. The van der Waals surface area contributed by atoms with Gasteiger partial charge in [-0.25, -0.2) is 13.1 Å². The van der Waals surface area contributed by atoms with Crippen molar-refractivity contribution in [3.8, 4) is 0 Å². The maximum Gasteiger partial charge on any atom is 0.273 e. The monoisotopic (exact) mass is 302 g/mol. The summed E-state index contributed by atoms with van der Waals surface area (Å²) in [4.78, 5) is 10.1. The number of sulfonamides is 1. The molecule has 0 bridgehead atoms. The van der Waals surface area contributed by atoms with Crippen LogP contribution in [0.15, 0.2) is 23.1 Å². The van der Waals surface area contributed by atoms with E-state index in [1.165, 1.54) is 12.1 Å². The Morgan fingerprint density at radius 3 is 2.65 bits per heavy atom. The number of hydrogen-bond donors (Lipinski definition) is 2. The molecule has 1 atom stereocenters. The SMILES string of the molecule is Cc1ccc(S(=O)(=O)NCC(C)CCO)cc1[N+](=O)[O-].